The van der Waals surface area contributed by atoms with Gasteiger partial charge in [-0.2, -0.15) is 5.26 Å². The van der Waals surface area contributed by atoms with Crippen LogP contribution >= 0.6 is 23.2 Å². The predicted molar refractivity (Wildman–Crippen MR) is 87.6 cm³/mol. The SMILES string of the molecule is N#CC(NC(=O)CCc1ccc(Cl)cc1Cl)c1ccc(F)cc1F. The van der Waals surface area contributed by atoms with Crippen molar-refractivity contribution in [3.05, 3.63) is 69.2 Å². The molecule has 0 aromatic heterocycles. The van der Waals surface area contributed by atoms with Gasteiger partial charge >= 0.3 is 0 Å². The number of carbonyl (C=O) groups is 1. The Morgan fingerprint density at radius 2 is 1.96 bits per heavy atom. The third-order valence-corrected chi connectivity index (χ3v) is 3.93. The largest absolute Gasteiger partial charge is 0.337 e. The molecule has 0 aliphatic carbocycles. The molecule has 0 saturated carbocycles. The monoisotopic (exact) mass is 368 g/mol. The zero-order valence-electron chi connectivity index (χ0n) is 12.3. The number of nitrogens with one attached hydrogen (secondary N) is 1. The molecule has 0 heterocycles. The molecule has 24 heavy (non-hydrogen) atoms. The zero-order valence-corrected chi connectivity index (χ0v) is 13.8. The molecule has 2 aromatic carbocycles. The number of hydrogen-bond acceptors (Lipinski definition) is 2. The van der Waals surface area contributed by atoms with E-state index in [2.05, 4.69) is 5.32 Å². The number of halogens is 4. The molecule has 0 radical (unpaired) electrons. The van der Waals surface area contributed by atoms with Crippen LogP contribution in [0.1, 0.15) is 23.6 Å². The number of nitrogens with zero attached hydrogens (tertiary/aromatic N) is 1. The number of hydrogen-bond donors (Lipinski definition) is 1. The molecule has 7 heteroatoms. The highest BCUT2D eigenvalue weighted by atomic mass is 35.5. The van der Waals surface area contributed by atoms with Gasteiger partial charge in [0.25, 0.3) is 0 Å². The van der Waals surface area contributed by atoms with E-state index in [1.165, 1.54) is 0 Å². The first-order valence-electron chi connectivity index (χ1n) is 6.98. The van der Waals surface area contributed by atoms with E-state index in [1.807, 2.05) is 0 Å². The summed E-state index contributed by atoms with van der Waals surface area (Å²) in [5.74, 6) is -2.09. The maximum atomic E-state index is 13.7. The summed E-state index contributed by atoms with van der Waals surface area (Å²) in [6.45, 7) is 0. The smallest absolute Gasteiger partial charge is 0.221 e. The number of rotatable bonds is 5. The number of benzene rings is 2. The van der Waals surface area contributed by atoms with Crippen LogP contribution in [-0.2, 0) is 11.2 Å². The number of aryl methyl sites for hydroxylation is 1. The highest BCUT2D eigenvalue weighted by Gasteiger charge is 2.18. The minimum Gasteiger partial charge on any atom is -0.337 e. The van der Waals surface area contributed by atoms with Crippen LogP contribution in [0.2, 0.25) is 10.0 Å². The van der Waals surface area contributed by atoms with Crippen molar-refractivity contribution in [3.8, 4) is 6.07 Å². The summed E-state index contributed by atoms with van der Waals surface area (Å²) in [6, 6.07) is 8.36. The molecular formula is C17H12Cl2F2N2O. The van der Waals surface area contributed by atoms with Crippen molar-refractivity contribution in [2.24, 2.45) is 0 Å². The highest BCUT2D eigenvalue weighted by molar-refractivity contribution is 6.35. The van der Waals surface area contributed by atoms with Gasteiger partial charge in [0.15, 0.2) is 0 Å². The van der Waals surface area contributed by atoms with E-state index in [1.54, 1.807) is 24.3 Å². The number of amides is 1. The highest BCUT2D eigenvalue weighted by Crippen LogP contribution is 2.22. The first-order chi connectivity index (χ1) is 11.4. The Kier molecular flexibility index (Phi) is 6.13. The molecule has 3 nitrogen and oxygen atoms in total. The second-order valence-electron chi connectivity index (χ2n) is 5.03. The van der Waals surface area contributed by atoms with Gasteiger partial charge in [0.05, 0.1) is 6.07 Å². The molecule has 0 aliphatic rings. The minimum absolute atomic E-state index is 0.0579. The van der Waals surface area contributed by atoms with Crippen LogP contribution in [0.3, 0.4) is 0 Å². The van der Waals surface area contributed by atoms with E-state index in [0.717, 1.165) is 17.7 Å². The fourth-order valence-electron chi connectivity index (χ4n) is 2.12. The molecule has 0 bridgehead atoms. The first kappa shape index (κ1) is 18.2. The molecule has 1 N–H and O–H groups in total. The van der Waals surface area contributed by atoms with Crippen LogP contribution in [-0.4, -0.2) is 5.91 Å². The van der Waals surface area contributed by atoms with Crippen LogP contribution in [0.15, 0.2) is 36.4 Å². The van der Waals surface area contributed by atoms with Crippen molar-refractivity contribution >= 4 is 29.1 Å². The van der Waals surface area contributed by atoms with Gasteiger partial charge in [0.1, 0.15) is 17.7 Å². The predicted octanol–water partition coefficient (Wildman–Crippen LogP) is 4.59. The molecule has 1 atom stereocenters. The number of nitriles is 1. The Morgan fingerprint density at radius 3 is 2.58 bits per heavy atom. The summed E-state index contributed by atoms with van der Waals surface area (Å²) in [4.78, 5) is 12.0. The summed E-state index contributed by atoms with van der Waals surface area (Å²) in [6.07, 6.45) is 0.397. The average molecular weight is 369 g/mol. The zero-order chi connectivity index (χ0) is 17.7. The van der Waals surface area contributed by atoms with Gasteiger partial charge in [0, 0.05) is 28.1 Å². The lowest BCUT2D eigenvalue weighted by molar-refractivity contribution is -0.121. The lowest BCUT2D eigenvalue weighted by Crippen LogP contribution is -2.28. The maximum Gasteiger partial charge on any atom is 0.221 e. The molecule has 2 rings (SSSR count). The number of carbonyl (C=O) groups excluding carboxylic acids is 1. The van der Waals surface area contributed by atoms with Crippen LogP contribution in [0.4, 0.5) is 8.78 Å². The van der Waals surface area contributed by atoms with Crippen LogP contribution in [0, 0.1) is 23.0 Å². The molecule has 2 aromatic rings. The summed E-state index contributed by atoms with van der Waals surface area (Å²) in [5, 5.41) is 12.5. The summed E-state index contributed by atoms with van der Waals surface area (Å²) in [7, 11) is 0. The molecule has 0 spiro atoms. The fraction of sp³-hybridized carbons (Fsp3) is 0.176. The van der Waals surface area contributed by atoms with Crippen molar-refractivity contribution in [3.63, 3.8) is 0 Å². The van der Waals surface area contributed by atoms with Gasteiger partial charge < -0.3 is 5.32 Å². The van der Waals surface area contributed by atoms with Crippen LogP contribution in [0.25, 0.3) is 0 Å². The topological polar surface area (TPSA) is 52.9 Å². The van der Waals surface area contributed by atoms with E-state index in [9.17, 15) is 13.6 Å². The third kappa shape index (κ3) is 4.67. The van der Waals surface area contributed by atoms with Crippen molar-refractivity contribution in [1.29, 1.82) is 5.26 Å². The van der Waals surface area contributed by atoms with Crippen LogP contribution < -0.4 is 5.32 Å². The van der Waals surface area contributed by atoms with Crippen LogP contribution in [0.5, 0.6) is 0 Å². The molecular weight excluding hydrogens is 357 g/mol. The molecule has 0 fully saturated rings. The Labute approximate surface area is 147 Å². The van der Waals surface area contributed by atoms with E-state index in [4.69, 9.17) is 28.5 Å². The molecule has 0 saturated heterocycles. The Morgan fingerprint density at radius 1 is 1.21 bits per heavy atom. The van der Waals surface area contributed by atoms with E-state index < -0.39 is 23.6 Å². The Balaban J connectivity index is 2.01. The summed E-state index contributed by atoms with van der Waals surface area (Å²) in [5.41, 5.74) is 0.648. The summed E-state index contributed by atoms with van der Waals surface area (Å²) < 4.78 is 26.6. The second-order valence-corrected chi connectivity index (χ2v) is 5.87. The maximum absolute atomic E-state index is 13.7. The molecule has 124 valence electrons. The fourth-order valence-corrected chi connectivity index (χ4v) is 2.62. The van der Waals surface area contributed by atoms with Crippen molar-refractivity contribution < 1.29 is 13.6 Å². The lowest BCUT2D eigenvalue weighted by Gasteiger charge is -2.13. The first-order valence-corrected chi connectivity index (χ1v) is 7.74. The van der Waals surface area contributed by atoms with E-state index in [-0.39, 0.29) is 12.0 Å². The van der Waals surface area contributed by atoms with Gasteiger partial charge in [0.2, 0.25) is 5.91 Å². The third-order valence-electron chi connectivity index (χ3n) is 3.34. The van der Waals surface area contributed by atoms with E-state index in [0.29, 0.717) is 22.5 Å². The summed E-state index contributed by atoms with van der Waals surface area (Å²) >= 11 is 11.8. The van der Waals surface area contributed by atoms with Gasteiger partial charge in [-0.05, 0) is 30.2 Å². The average Bonchev–Trinajstić information content (AvgIpc) is 2.52. The molecule has 1 unspecified atom stereocenters. The van der Waals surface area contributed by atoms with Gasteiger partial charge in [-0.3, -0.25) is 4.79 Å². The van der Waals surface area contributed by atoms with Gasteiger partial charge in [-0.25, -0.2) is 8.78 Å². The molecule has 1 amide bonds. The standard InChI is InChI=1S/C17H12Cl2F2N2O/c18-11-3-1-10(14(19)7-11)2-6-17(24)23-16(9-22)13-5-4-12(20)8-15(13)21/h1,3-5,7-8,16H,2,6H2,(H,23,24). The van der Waals surface area contributed by atoms with Gasteiger partial charge in [-0.1, -0.05) is 35.3 Å². The lowest BCUT2D eigenvalue weighted by atomic mass is 10.1. The van der Waals surface area contributed by atoms with Crippen molar-refractivity contribution in [2.75, 3.05) is 0 Å². The Hall–Kier alpha value is -2.16. The second kappa shape index (κ2) is 8.09. The van der Waals surface area contributed by atoms with Gasteiger partial charge in [-0.15, -0.1) is 0 Å². The Bertz CT molecular complexity index is 806. The molecule has 0 aliphatic heterocycles. The van der Waals surface area contributed by atoms with Crippen molar-refractivity contribution in [2.45, 2.75) is 18.9 Å². The minimum atomic E-state index is -1.20. The quantitative estimate of drug-likeness (QED) is 0.839. The van der Waals surface area contributed by atoms with E-state index >= 15 is 0 Å². The van der Waals surface area contributed by atoms with Crippen molar-refractivity contribution in [1.82, 2.24) is 5.32 Å². The normalized spacial score (nSPS) is 11.6.